The molecule has 1 N–H and O–H groups in total. The second-order valence-electron chi connectivity index (χ2n) is 6.57. The van der Waals surface area contributed by atoms with E-state index in [0.717, 1.165) is 40.8 Å². The number of nitrogens with zero attached hydrogens (tertiary/aromatic N) is 2. The van der Waals surface area contributed by atoms with Crippen LogP contribution in [-0.4, -0.2) is 20.6 Å². The normalized spacial score (nSPS) is 15.9. The molecule has 2 heterocycles. The molecule has 0 saturated heterocycles. The van der Waals surface area contributed by atoms with Crippen molar-refractivity contribution in [2.45, 2.75) is 45.1 Å². The summed E-state index contributed by atoms with van der Waals surface area (Å²) >= 11 is 0. The third kappa shape index (κ3) is 2.40. The van der Waals surface area contributed by atoms with Crippen LogP contribution in [0.5, 0.6) is 0 Å². The van der Waals surface area contributed by atoms with Gasteiger partial charge in [-0.25, -0.2) is 9.78 Å². The van der Waals surface area contributed by atoms with Crippen LogP contribution in [0.1, 0.15) is 54.1 Å². The number of aromatic carboxylic acids is 1. The Kier molecular flexibility index (Phi) is 3.63. The molecule has 3 aromatic rings. The molecule has 1 aliphatic rings. The number of hydrogen-bond acceptors (Lipinski definition) is 3. The molecule has 5 heteroatoms. The summed E-state index contributed by atoms with van der Waals surface area (Å²) in [5, 5.41) is 9.38. The zero-order valence-corrected chi connectivity index (χ0v) is 13.7. The van der Waals surface area contributed by atoms with Crippen LogP contribution in [0.15, 0.2) is 35.1 Å². The highest BCUT2D eigenvalue weighted by atomic mass is 16.4. The molecule has 1 fully saturated rings. The number of furan rings is 1. The Hall–Kier alpha value is -2.56. The molecule has 2 aromatic heterocycles. The van der Waals surface area contributed by atoms with Crippen molar-refractivity contribution in [3.63, 3.8) is 0 Å². The van der Waals surface area contributed by atoms with Crippen molar-refractivity contribution in [1.82, 2.24) is 9.55 Å². The maximum absolute atomic E-state index is 11.4. The van der Waals surface area contributed by atoms with Crippen LogP contribution in [0.3, 0.4) is 0 Å². The quantitative estimate of drug-likeness (QED) is 0.751. The number of hydrogen-bond donors (Lipinski definition) is 1. The Morgan fingerprint density at radius 2 is 2.08 bits per heavy atom. The van der Waals surface area contributed by atoms with E-state index in [-0.39, 0.29) is 0 Å². The summed E-state index contributed by atoms with van der Waals surface area (Å²) in [5.74, 6) is -0.0425. The minimum absolute atomic E-state index is 0.314. The monoisotopic (exact) mass is 324 g/mol. The van der Waals surface area contributed by atoms with Crippen molar-refractivity contribution in [2.75, 3.05) is 0 Å². The van der Waals surface area contributed by atoms with Crippen molar-refractivity contribution in [1.29, 1.82) is 0 Å². The second kappa shape index (κ2) is 5.82. The van der Waals surface area contributed by atoms with Gasteiger partial charge in [-0.1, -0.05) is 19.3 Å². The molecule has 0 spiro atoms. The maximum atomic E-state index is 11.4. The summed E-state index contributed by atoms with van der Waals surface area (Å²) in [6.45, 7) is 1.85. The standard InChI is InChI=1S/C19H20N2O3/c1-12-9-17-16(10-15(12)19(22)23)20-18(13-7-8-24-11-13)21(17)14-5-3-2-4-6-14/h7-11,14H,2-6H2,1H3,(H,22,23). The molecule has 124 valence electrons. The van der Waals surface area contributed by atoms with E-state index in [4.69, 9.17) is 9.40 Å². The summed E-state index contributed by atoms with van der Waals surface area (Å²) in [6.07, 6.45) is 9.35. The molecule has 0 amide bonds. The first-order valence-electron chi connectivity index (χ1n) is 8.43. The van der Waals surface area contributed by atoms with Crippen LogP contribution in [0.25, 0.3) is 22.4 Å². The molecule has 0 atom stereocenters. The first kappa shape index (κ1) is 15.0. The number of carboxylic acids is 1. The summed E-state index contributed by atoms with van der Waals surface area (Å²) in [6, 6.07) is 5.97. The lowest BCUT2D eigenvalue weighted by molar-refractivity contribution is 0.0696. The highest BCUT2D eigenvalue weighted by molar-refractivity contribution is 5.95. The van der Waals surface area contributed by atoms with Crippen molar-refractivity contribution in [3.8, 4) is 11.4 Å². The van der Waals surface area contributed by atoms with Gasteiger partial charge in [0.1, 0.15) is 12.1 Å². The lowest BCUT2D eigenvalue weighted by Gasteiger charge is -2.25. The fraction of sp³-hybridized carbons (Fsp3) is 0.368. The number of carbonyl (C=O) groups is 1. The molecule has 0 aliphatic heterocycles. The Balaban J connectivity index is 1.96. The van der Waals surface area contributed by atoms with Gasteiger partial charge in [-0.3, -0.25) is 0 Å². The van der Waals surface area contributed by atoms with Gasteiger partial charge in [0, 0.05) is 6.04 Å². The zero-order chi connectivity index (χ0) is 16.7. The Morgan fingerprint density at radius 1 is 1.29 bits per heavy atom. The lowest BCUT2D eigenvalue weighted by atomic mass is 9.94. The Labute approximate surface area is 139 Å². The van der Waals surface area contributed by atoms with Crippen molar-refractivity contribution in [2.24, 2.45) is 0 Å². The third-order valence-electron chi connectivity index (χ3n) is 4.99. The smallest absolute Gasteiger partial charge is 0.336 e. The first-order valence-corrected chi connectivity index (χ1v) is 8.43. The minimum atomic E-state index is -0.911. The number of carboxylic acid groups (broad SMARTS) is 1. The van der Waals surface area contributed by atoms with Gasteiger partial charge in [0.25, 0.3) is 0 Å². The second-order valence-corrected chi connectivity index (χ2v) is 6.57. The Morgan fingerprint density at radius 3 is 2.75 bits per heavy atom. The van der Waals surface area contributed by atoms with Crippen LogP contribution in [0.2, 0.25) is 0 Å². The summed E-state index contributed by atoms with van der Waals surface area (Å²) in [5.41, 5.74) is 3.77. The number of fused-ring (bicyclic) bond motifs is 1. The molecule has 1 saturated carbocycles. The fourth-order valence-electron chi connectivity index (χ4n) is 3.78. The van der Waals surface area contributed by atoms with Crippen molar-refractivity contribution >= 4 is 17.0 Å². The molecule has 0 unspecified atom stereocenters. The van der Waals surface area contributed by atoms with Crippen LogP contribution in [0, 0.1) is 6.92 Å². The highest BCUT2D eigenvalue weighted by Crippen LogP contribution is 2.36. The van der Waals surface area contributed by atoms with E-state index in [1.807, 2.05) is 19.1 Å². The number of imidazole rings is 1. The van der Waals surface area contributed by atoms with Gasteiger partial charge in [0.15, 0.2) is 0 Å². The summed E-state index contributed by atoms with van der Waals surface area (Å²) in [7, 11) is 0. The maximum Gasteiger partial charge on any atom is 0.336 e. The first-order chi connectivity index (χ1) is 11.6. The Bertz CT molecular complexity index is 887. The number of rotatable bonds is 3. The average Bonchev–Trinajstić information content (AvgIpc) is 3.21. The van der Waals surface area contributed by atoms with Crippen LogP contribution >= 0.6 is 0 Å². The van der Waals surface area contributed by atoms with E-state index < -0.39 is 5.97 Å². The minimum Gasteiger partial charge on any atom is -0.478 e. The average molecular weight is 324 g/mol. The molecule has 0 bridgehead atoms. The van der Waals surface area contributed by atoms with Gasteiger partial charge in [-0.15, -0.1) is 0 Å². The van der Waals surface area contributed by atoms with Crippen LogP contribution in [-0.2, 0) is 0 Å². The van der Waals surface area contributed by atoms with E-state index in [1.54, 1.807) is 18.6 Å². The summed E-state index contributed by atoms with van der Waals surface area (Å²) < 4.78 is 7.54. The van der Waals surface area contributed by atoms with E-state index in [0.29, 0.717) is 11.6 Å². The van der Waals surface area contributed by atoms with Crippen molar-refractivity contribution in [3.05, 3.63) is 41.9 Å². The number of aryl methyl sites for hydroxylation is 1. The highest BCUT2D eigenvalue weighted by Gasteiger charge is 2.24. The fourth-order valence-corrected chi connectivity index (χ4v) is 3.78. The summed E-state index contributed by atoms with van der Waals surface area (Å²) in [4.78, 5) is 16.2. The van der Waals surface area contributed by atoms with Gasteiger partial charge in [0.05, 0.1) is 28.4 Å². The molecule has 4 rings (SSSR count). The predicted molar refractivity (Wildman–Crippen MR) is 91.3 cm³/mol. The molecular weight excluding hydrogens is 304 g/mol. The van der Waals surface area contributed by atoms with E-state index in [1.165, 1.54) is 19.3 Å². The van der Waals surface area contributed by atoms with Gasteiger partial charge in [0.2, 0.25) is 0 Å². The SMILES string of the molecule is Cc1cc2c(cc1C(=O)O)nc(-c1ccoc1)n2C1CCCCC1. The van der Waals surface area contributed by atoms with Crippen molar-refractivity contribution < 1.29 is 14.3 Å². The van der Waals surface area contributed by atoms with E-state index >= 15 is 0 Å². The zero-order valence-electron chi connectivity index (χ0n) is 13.7. The van der Waals surface area contributed by atoms with E-state index in [2.05, 4.69) is 4.57 Å². The molecule has 5 nitrogen and oxygen atoms in total. The molecular formula is C19H20N2O3. The van der Waals surface area contributed by atoms with Gasteiger partial charge in [-0.05, 0) is 43.5 Å². The van der Waals surface area contributed by atoms with E-state index in [9.17, 15) is 9.90 Å². The van der Waals surface area contributed by atoms with Crippen LogP contribution < -0.4 is 0 Å². The van der Waals surface area contributed by atoms with Gasteiger partial charge in [-0.2, -0.15) is 0 Å². The molecule has 1 aromatic carbocycles. The molecule has 0 radical (unpaired) electrons. The van der Waals surface area contributed by atoms with Gasteiger partial charge < -0.3 is 14.1 Å². The number of aromatic nitrogens is 2. The third-order valence-corrected chi connectivity index (χ3v) is 4.99. The lowest BCUT2D eigenvalue weighted by Crippen LogP contribution is -2.14. The topological polar surface area (TPSA) is 68.3 Å². The predicted octanol–water partition coefficient (Wildman–Crippen LogP) is 4.81. The largest absolute Gasteiger partial charge is 0.478 e. The van der Waals surface area contributed by atoms with Crippen LogP contribution in [0.4, 0.5) is 0 Å². The van der Waals surface area contributed by atoms with Gasteiger partial charge >= 0.3 is 5.97 Å². The molecule has 24 heavy (non-hydrogen) atoms. The molecule has 1 aliphatic carbocycles. The number of benzene rings is 1.